The number of nitrogens with one attached hydrogen (secondary N) is 1. The molecule has 0 aliphatic carbocycles. The van der Waals surface area contributed by atoms with Gasteiger partial charge in [0, 0.05) is 11.3 Å². The molecule has 0 saturated carbocycles. The molecule has 1 aromatic rings. The maximum atomic E-state index is 12.5. The number of carboxylic acid groups (broad SMARTS) is 1. The number of hydrogen-bond donors (Lipinski definition) is 3. The van der Waals surface area contributed by atoms with Gasteiger partial charge in [0.05, 0.1) is 6.42 Å². The van der Waals surface area contributed by atoms with E-state index in [0.29, 0.717) is 11.3 Å². The van der Waals surface area contributed by atoms with Crippen molar-refractivity contribution in [2.75, 3.05) is 5.75 Å². The van der Waals surface area contributed by atoms with Crippen LogP contribution in [0.25, 0.3) is 0 Å². The second-order valence-corrected chi connectivity index (χ2v) is 6.68. The summed E-state index contributed by atoms with van der Waals surface area (Å²) in [6.07, 6.45) is -0.501. The van der Waals surface area contributed by atoms with Crippen molar-refractivity contribution in [3.05, 3.63) is 35.4 Å². The summed E-state index contributed by atoms with van der Waals surface area (Å²) in [7, 11) is 0. The fourth-order valence-corrected chi connectivity index (χ4v) is 4.38. The first-order valence-corrected chi connectivity index (χ1v) is 8.29. The lowest BCUT2D eigenvalue weighted by atomic mass is 10.1. The largest absolute Gasteiger partial charge is 0.480 e. The fraction of sp³-hybridized carbons (Fsp3) is 0.333. The third-order valence-electron chi connectivity index (χ3n) is 4.01. The van der Waals surface area contributed by atoms with E-state index in [4.69, 9.17) is 10.8 Å². The molecule has 0 spiro atoms. The Bertz CT molecular complexity index is 738. The van der Waals surface area contributed by atoms with Crippen LogP contribution in [0.15, 0.2) is 24.3 Å². The molecule has 0 radical (unpaired) electrons. The molecule has 1 saturated heterocycles. The molecule has 3 amide bonds. The van der Waals surface area contributed by atoms with Crippen LogP contribution in [0.1, 0.15) is 27.7 Å². The van der Waals surface area contributed by atoms with Crippen LogP contribution < -0.4 is 11.1 Å². The Morgan fingerprint density at radius 2 is 2.08 bits per heavy atom. The van der Waals surface area contributed by atoms with E-state index in [2.05, 4.69) is 5.32 Å². The molecule has 1 aromatic carbocycles. The number of carbonyl (C=O) groups is 4. The Hall–Kier alpha value is -2.55. The Morgan fingerprint density at radius 3 is 2.75 bits per heavy atom. The summed E-state index contributed by atoms with van der Waals surface area (Å²) in [5.41, 5.74) is 6.41. The van der Waals surface area contributed by atoms with Crippen LogP contribution in [0.3, 0.4) is 0 Å². The van der Waals surface area contributed by atoms with Crippen molar-refractivity contribution in [1.29, 1.82) is 0 Å². The van der Waals surface area contributed by atoms with Gasteiger partial charge >= 0.3 is 5.97 Å². The van der Waals surface area contributed by atoms with Gasteiger partial charge in [0.25, 0.3) is 5.91 Å². The minimum absolute atomic E-state index is 0.246. The monoisotopic (exact) mass is 349 g/mol. The average Bonchev–Trinajstić information content (AvgIpc) is 3.07. The molecule has 3 rings (SSSR count). The summed E-state index contributed by atoms with van der Waals surface area (Å²) in [4.78, 5) is 48.5. The van der Waals surface area contributed by atoms with E-state index < -0.39 is 36.3 Å². The molecule has 1 fully saturated rings. The topological polar surface area (TPSA) is 130 Å². The molecule has 2 aliphatic rings. The molecule has 24 heavy (non-hydrogen) atoms. The number of amides is 3. The first-order valence-electron chi connectivity index (χ1n) is 7.25. The predicted molar refractivity (Wildman–Crippen MR) is 85.0 cm³/mol. The molecule has 4 N–H and O–H groups in total. The van der Waals surface area contributed by atoms with E-state index in [1.807, 2.05) is 12.1 Å². The first kappa shape index (κ1) is 16.3. The van der Waals surface area contributed by atoms with Crippen molar-refractivity contribution < 1.29 is 24.3 Å². The Labute approximate surface area is 141 Å². The van der Waals surface area contributed by atoms with Crippen LogP contribution in [-0.2, 0) is 14.4 Å². The predicted octanol–water partition coefficient (Wildman–Crippen LogP) is -0.299. The number of carbonyl (C=O) groups excluding carboxylic acids is 3. The van der Waals surface area contributed by atoms with Crippen LogP contribution in [0.4, 0.5) is 0 Å². The average molecular weight is 349 g/mol. The fourth-order valence-electron chi connectivity index (χ4n) is 2.91. The van der Waals surface area contributed by atoms with Crippen molar-refractivity contribution in [2.24, 2.45) is 5.73 Å². The Kier molecular flexibility index (Phi) is 4.18. The lowest BCUT2D eigenvalue weighted by Crippen LogP contribution is -2.52. The quantitative estimate of drug-likeness (QED) is 0.669. The van der Waals surface area contributed by atoms with Gasteiger partial charge in [-0.25, -0.2) is 4.79 Å². The first-order chi connectivity index (χ1) is 11.4. The van der Waals surface area contributed by atoms with E-state index in [0.717, 1.165) is 5.56 Å². The van der Waals surface area contributed by atoms with E-state index in [1.54, 1.807) is 12.1 Å². The standard InChI is InChI=1S/C15H15N3O5S/c16-11(19)5-9(15(22)23)17-12(20)10-6-24-14-8-4-2-1-3-7(8)13(21)18(10)14/h1-4,9-10,14H,5-6H2,(H2,16,19)(H,17,20)(H,22,23). The maximum absolute atomic E-state index is 12.5. The van der Waals surface area contributed by atoms with Crippen LogP contribution in [-0.4, -0.2) is 51.5 Å². The number of benzene rings is 1. The highest BCUT2D eigenvalue weighted by Crippen LogP contribution is 2.48. The maximum Gasteiger partial charge on any atom is 0.326 e. The second-order valence-electron chi connectivity index (χ2n) is 5.57. The van der Waals surface area contributed by atoms with Gasteiger partial charge in [0.1, 0.15) is 17.5 Å². The van der Waals surface area contributed by atoms with Gasteiger partial charge in [-0.3, -0.25) is 14.4 Å². The number of fused-ring (bicyclic) bond motifs is 3. The zero-order valence-corrected chi connectivity index (χ0v) is 13.3. The third-order valence-corrected chi connectivity index (χ3v) is 5.32. The van der Waals surface area contributed by atoms with Crippen LogP contribution in [0.5, 0.6) is 0 Å². The Morgan fingerprint density at radius 1 is 1.38 bits per heavy atom. The van der Waals surface area contributed by atoms with E-state index in [9.17, 15) is 19.2 Å². The molecule has 3 atom stereocenters. The molecule has 3 unspecified atom stereocenters. The number of hydrogen-bond acceptors (Lipinski definition) is 5. The number of primary amides is 1. The Balaban J connectivity index is 1.77. The van der Waals surface area contributed by atoms with Gasteiger partial charge < -0.3 is 21.1 Å². The lowest BCUT2D eigenvalue weighted by Gasteiger charge is -2.24. The molecule has 2 heterocycles. The van der Waals surface area contributed by atoms with Crippen LogP contribution in [0.2, 0.25) is 0 Å². The van der Waals surface area contributed by atoms with Crippen molar-refractivity contribution in [2.45, 2.75) is 23.9 Å². The van der Waals surface area contributed by atoms with Crippen molar-refractivity contribution >= 4 is 35.5 Å². The second kappa shape index (κ2) is 6.16. The molecule has 2 aliphatic heterocycles. The molecule has 9 heteroatoms. The third kappa shape index (κ3) is 2.71. The molecule has 0 bridgehead atoms. The van der Waals surface area contributed by atoms with E-state index in [1.165, 1.54) is 16.7 Å². The van der Waals surface area contributed by atoms with Crippen molar-refractivity contribution in [3.8, 4) is 0 Å². The number of carboxylic acids is 1. The van der Waals surface area contributed by atoms with Gasteiger partial charge in [-0.2, -0.15) is 0 Å². The summed E-state index contributed by atoms with van der Waals surface area (Å²) >= 11 is 1.45. The van der Waals surface area contributed by atoms with Gasteiger partial charge in [-0.05, 0) is 11.6 Å². The summed E-state index contributed by atoms with van der Waals surface area (Å²) in [6, 6.07) is 4.95. The zero-order chi connectivity index (χ0) is 17.4. The number of aliphatic carboxylic acids is 1. The zero-order valence-electron chi connectivity index (χ0n) is 12.5. The highest BCUT2D eigenvalue weighted by molar-refractivity contribution is 7.99. The smallest absolute Gasteiger partial charge is 0.326 e. The molecule has 126 valence electrons. The summed E-state index contributed by atoms with van der Waals surface area (Å²) in [5, 5.41) is 11.1. The molecule has 8 nitrogen and oxygen atoms in total. The lowest BCUT2D eigenvalue weighted by molar-refractivity contribution is -0.143. The van der Waals surface area contributed by atoms with Gasteiger partial charge in [0.15, 0.2) is 0 Å². The summed E-state index contributed by atoms with van der Waals surface area (Å²) < 4.78 is 0. The highest BCUT2D eigenvalue weighted by atomic mass is 32.2. The molecule has 0 aromatic heterocycles. The van der Waals surface area contributed by atoms with Crippen LogP contribution >= 0.6 is 11.8 Å². The van der Waals surface area contributed by atoms with E-state index in [-0.39, 0.29) is 11.3 Å². The minimum atomic E-state index is -1.40. The van der Waals surface area contributed by atoms with Gasteiger partial charge in [0.2, 0.25) is 11.8 Å². The molecular weight excluding hydrogens is 334 g/mol. The number of nitrogens with zero attached hydrogens (tertiary/aromatic N) is 1. The van der Waals surface area contributed by atoms with Gasteiger partial charge in [-0.1, -0.05) is 18.2 Å². The number of rotatable bonds is 5. The van der Waals surface area contributed by atoms with E-state index >= 15 is 0 Å². The highest BCUT2D eigenvalue weighted by Gasteiger charge is 2.48. The van der Waals surface area contributed by atoms with Gasteiger partial charge in [-0.15, -0.1) is 11.8 Å². The summed E-state index contributed by atoms with van der Waals surface area (Å²) in [6.45, 7) is 0. The van der Waals surface area contributed by atoms with Crippen molar-refractivity contribution in [3.63, 3.8) is 0 Å². The van der Waals surface area contributed by atoms with Crippen LogP contribution in [0, 0.1) is 0 Å². The SMILES string of the molecule is NC(=O)CC(NC(=O)C1CSC2c3ccccc3C(=O)N12)C(=O)O. The van der Waals surface area contributed by atoms with Crippen molar-refractivity contribution in [1.82, 2.24) is 10.2 Å². The molecular formula is C15H15N3O5S. The minimum Gasteiger partial charge on any atom is -0.480 e. The normalized spacial score (nSPS) is 22.7. The number of thioether (sulfide) groups is 1. The summed E-state index contributed by atoms with van der Waals surface area (Å²) in [5.74, 6) is -2.66. The number of nitrogens with two attached hydrogens (primary N) is 1.